The largest absolute Gasteiger partial charge is 0.393 e. The molecule has 0 aromatic carbocycles. The highest BCUT2D eigenvalue weighted by Gasteiger charge is 2.07. The fourth-order valence-electron chi connectivity index (χ4n) is 1.10. The van der Waals surface area contributed by atoms with Crippen molar-refractivity contribution in [3.8, 4) is 0 Å². The third kappa shape index (κ3) is 6.32. The number of aliphatic hydroxyl groups is 1. The summed E-state index contributed by atoms with van der Waals surface area (Å²) in [5.74, 6) is 0. The summed E-state index contributed by atoms with van der Waals surface area (Å²) in [7, 11) is 0. The van der Waals surface area contributed by atoms with E-state index in [1.54, 1.807) is 0 Å². The lowest BCUT2D eigenvalue weighted by Gasteiger charge is -2.14. The van der Waals surface area contributed by atoms with Crippen molar-refractivity contribution in [2.45, 2.75) is 58.1 Å². The van der Waals surface area contributed by atoms with Crippen LogP contribution in [-0.2, 0) is 0 Å². The smallest absolute Gasteiger partial charge is 0.0552 e. The minimum atomic E-state index is -0.193. The van der Waals surface area contributed by atoms with Gasteiger partial charge in [-0.25, -0.2) is 0 Å². The fraction of sp³-hybridized carbons (Fsp3) is 1.00. The summed E-state index contributed by atoms with van der Waals surface area (Å²) in [6.07, 6.45) is 4.80. The van der Waals surface area contributed by atoms with Crippen molar-refractivity contribution in [3.05, 3.63) is 0 Å². The molecule has 0 saturated heterocycles. The lowest BCUT2D eigenvalue weighted by Crippen LogP contribution is -2.25. The van der Waals surface area contributed by atoms with E-state index < -0.39 is 0 Å². The molecule has 11 heavy (non-hydrogen) atoms. The molecule has 0 fully saturated rings. The first kappa shape index (κ1) is 10.9. The normalized spacial score (nSPS) is 16.4. The van der Waals surface area contributed by atoms with Crippen LogP contribution in [0.25, 0.3) is 0 Å². The van der Waals surface area contributed by atoms with E-state index in [0.29, 0.717) is 0 Å². The predicted octanol–water partition coefficient (Wildman–Crippen LogP) is 1.66. The van der Waals surface area contributed by atoms with Crippen molar-refractivity contribution in [2.24, 2.45) is 5.73 Å². The summed E-state index contributed by atoms with van der Waals surface area (Å²) in [6, 6.07) is 0.199. The van der Waals surface area contributed by atoms with Gasteiger partial charge < -0.3 is 10.8 Å². The van der Waals surface area contributed by atoms with Gasteiger partial charge >= 0.3 is 0 Å². The summed E-state index contributed by atoms with van der Waals surface area (Å²) in [6.45, 7) is 4.14. The van der Waals surface area contributed by atoms with Crippen LogP contribution in [0, 0.1) is 0 Å². The monoisotopic (exact) mass is 159 g/mol. The molecule has 3 N–H and O–H groups in total. The molecule has 2 nitrogen and oxygen atoms in total. The Hall–Kier alpha value is -0.0800. The topological polar surface area (TPSA) is 46.2 Å². The molecule has 0 saturated carbocycles. The van der Waals surface area contributed by atoms with Gasteiger partial charge in [-0.3, -0.25) is 0 Å². The average molecular weight is 159 g/mol. The van der Waals surface area contributed by atoms with Crippen molar-refractivity contribution in [3.63, 3.8) is 0 Å². The van der Waals surface area contributed by atoms with Crippen molar-refractivity contribution in [1.82, 2.24) is 0 Å². The van der Waals surface area contributed by atoms with Gasteiger partial charge in [-0.2, -0.15) is 0 Å². The van der Waals surface area contributed by atoms with E-state index in [-0.39, 0.29) is 12.1 Å². The summed E-state index contributed by atoms with van der Waals surface area (Å²) in [5.41, 5.74) is 5.78. The molecular weight excluding hydrogens is 138 g/mol. The lowest BCUT2D eigenvalue weighted by molar-refractivity contribution is 0.149. The number of hydrogen-bond donors (Lipinski definition) is 2. The van der Waals surface area contributed by atoms with Crippen LogP contribution in [0.2, 0.25) is 0 Å². The van der Waals surface area contributed by atoms with Crippen LogP contribution in [0.4, 0.5) is 0 Å². The van der Waals surface area contributed by atoms with Crippen LogP contribution in [0.15, 0.2) is 0 Å². The lowest BCUT2D eigenvalue weighted by atomic mass is 10.0. The second kappa shape index (κ2) is 6.62. The Labute approximate surface area is 69.8 Å². The van der Waals surface area contributed by atoms with Gasteiger partial charge in [0.15, 0.2) is 0 Å². The fourth-order valence-corrected chi connectivity index (χ4v) is 1.10. The number of rotatable bonds is 6. The maximum atomic E-state index is 9.25. The number of unbranched alkanes of at least 4 members (excludes halogenated alkanes) is 1. The Morgan fingerprint density at radius 1 is 1.36 bits per heavy atom. The number of aliphatic hydroxyl groups excluding tert-OH is 1. The first-order valence-corrected chi connectivity index (χ1v) is 4.64. The van der Waals surface area contributed by atoms with Crippen LogP contribution < -0.4 is 5.73 Å². The molecule has 2 heteroatoms. The maximum absolute atomic E-state index is 9.25. The summed E-state index contributed by atoms with van der Waals surface area (Å²) in [5, 5.41) is 9.25. The zero-order chi connectivity index (χ0) is 8.69. The minimum Gasteiger partial charge on any atom is -0.393 e. The van der Waals surface area contributed by atoms with E-state index in [0.717, 1.165) is 19.3 Å². The van der Waals surface area contributed by atoms with Gasteiger partial charge in [-0.15, -0.1) is 0 Å². The highest BCUT2D eigenvalue weighted by Crippen LogP contribution is 2.06. The molecule has 0 unspecified atom stereocenters. The molecule has 68 valence electrons. The van der Waals surface area contributed by atoms with Gasteiger partial charge in [-0.1, -0.05) is 26.7 Å². The standard InChI is InChI=1S/C9H21NO/c1-3-5-6-8(10)7-9(11)4-2/h8-9,11H,3-7,10H2,1-2H3/t8-,9+/m0/s1. The van der Waals surface area contributed by atoms with Crippen LogP contribution >= 0.6 is 0 Å². The van der Waals surface area contributed by atoms with E-state index >= 15 is 0 Å². The Morgan fingerprint density at radius 3 is 2.45 bits per heavy atom. The summed E-state index contributed by atoms with van der Waals surface area (Å²) >= 11 is 0. The first-order chi connectivity index (χ1) is 5.20. The number of nitrogens with two attached hydrogens (primary N) is 1. The van der Waals surface area contributed by atoms with Gasteiger partial charge in [0.25, 0.3) is 0 Å². The molecule has 0 aliphatic rings. The van der Waals surface area contributed by atoms with E-state index in [1.165, 1.54) is 12.8 Å². The molecule has 0 bridgehead atoms. The van der Waals surface area contributed by atoms with Crippen molar-refractivity contribution in [1.29, 1.82) is 0 Å². The third-order valence-corrected chi connectivity index (χ3v) is 1.97. The highest BCUT2D eigenvalue weighted by molar-refractivity contribution is 4.65. The first-order valence-electron chi connectivity index (χ1n) is 4.64. The Balaban J connectivity index is 3.27. The molecule has 0 heterocycles. The van der Waals surface area contributed by atoms with E-state index in [9.17, 15) is 5.11 Å². The molecule has 0 aromatic rings. The van der Waals surface area contributed by atoms with Crippen molar-refractivity contribution < 1.29 is 5.11 Å². The molecule has 0 amide bonds. The summed E-state index contributed by atoms with van der Waals surface area (Å²) < 4.78 is 0. The van der Waals surface area contributed by atoms with Crippen LogP contribution in [0.1, 0.15) is 46.0 Å². The zero-order valence-electron chi connectivity index (χ0n) is 7.71. The Kier molecular flexibility index (Phi) is 6.57. The van der Waals surface area contributed by atoms with E-state index in [4.69, 9.17) is 5.73 Å². The number of hydrogen-bond acceptors (Lipinski definition) is 2. The third-order valence-electron chi connectivity index (χ3n) is 1.97. The second-order valence-electron chi connectivity index (χ2n) is 3.20. The average Bonchev–Trinajstić information content (AvgIpc) is 2.00. The zero-order valence-corrected chi connectivity index (χ0v) is 7.71. The van der Waals surface area contributed by atoms with Gasteiger partial charge in [0.2, 0.25) is 0 Å². The predicted molar refractivity (Wildman–Crippen MR) is 48.4 cm³/mol. The molecule has 2 atom stereocenters. The van der Waals surface area contributed by atoms with Gasteiger partial charge in [0.05, 0.1) is 6.10 Å². The van der Waals surface area contributed by atoms with E-state index in [2.05, 4.69) is 6.92 Å². The molecule has 0 radical (unpaired) electrons. The quantitative estimate of drug-likeness (QED) is 0.619. The minimum absolute atomic E-state index is 0.193. The Morgan fingerprint density at radius 2 is 2.00 bits per heavy atom. The van der Waals surface area contributed by atoms with Crippen LogP contribution in [-0.4, -0.2) is 17.3 Å². The molecule has 0 aliphatic carbocycles. The Bertz CT molecular complexity index is 85.6. The van der Waals surface area contributed by atoms with Gasteiger partial charge in [0, 0.05) is 6.04 Å². The molecule has 0 aromatic heterocycles. The van der Waals surface area contributed by atoms with Crippen molar-refractivity contribution >= 4 is 0 Å². The van der Waals surface area contributed by atoms with Gasteiger partial charge in [-0.05, 0) is 19.3 Å². The molecule has 0 rings (SSSR count). The maximum Gasteiger partial charge on any atom is 0.0552 e. The summed E-state index contributed by atoms with van der Waals surface area (Å²) in [4.78, 5) is 0. The second-order valence-corrected chi connectivity index (χ2v) is 3.20. The molecule has 0 spiro atoms. The van der Waals surface area contributed by atoms with Crippen LogP contribution in [0.5, 0.6) is 0 Å². The molecular formula is C9H21NO. The highest BCUT2D eigenvalue weighted by atomic mass is 16.3. The van der Waals surface area contributed by atoms with Crippen LogP contribution in [0.3, 0.4) is 0 Å². The van der Waals surface area contributed by atoms with Gasteiger partial charge in [0.1, 0.15) is 0 Å². The molecule has 0 aliphatic heterocycles. The SMILES string of the molecule is CCCC[C@H](N)C[C@H](O)CC. The van der Waals surface area contributed by atoms with E-state index in [1.807, 2.05) is 6.92 Å². The van der Waals surface area contributed by atoms with Crippen molar-refractivity contribution in [2.75, 3.05) is 0 Å².